The third kappa shape index (κ3) is 2.52. The summed E-state index contributed by atoms with van der Waals surface area (Å²) in [4.78, 5) is 10.1. The second kappa shape index (κ2) is 4.69. The normalized spacial score (nSPS) is 12.2. The molecule has 1 aromatic carbocycles. The Hall–Kier alpha value is -0.990. The molecule has 0 aliphatic rings. The molecule has 0 bridgehead atoms. The minimum absolute atomic E-state index is 0.0725. The van der Waals surface area contributed by atoms with Gasteiger partial charge < -0.3 is 0 Å². The van der Waals surface area contributed by atoms with Crippen LogP contribution < -0.4 is 4.31 Å². The predicted molar refractivity (Wildman–Crippen MR) is 60.0 cm³/mol. The molecule has 0 aliphatic heterocycles. The Kier molecular flexibility index (Phi) is 3.77. The molecule has 1 atom stereocenters. The van der Waals surface area contributed by atoms with Crippen LogP contribution in [0.2, 0.25) is 0 Å². The van der Waals surface area contributed by atoms with Gasteiger partial charge in [-0.1, -0.05) is 6.07 Å². The van der Waals surface area contributed by atoms with E-state index in [9.17, 15) is 14.3 Å². The smallest absolute Gasteiger partial charge is 0.289 e. The molecule has 6 nitrogen and oxygen atoms in total. The van der Waals surface area contributed by atoms with Crippen LogP contribution >= 0.6 is 15.9 Å². The fourth-order valence-corrected chi connectivity index (χ4v) is 2.13. The maximum absolute atomic E-state index is 10.8. The third-order valence-corrected chi connectivity index (χ3v) is 3.00. The van der Waals surface area contributed by atoms with E-state index in [4.69, 9.17) is 4.55 Å². The topological polar surface area (TPSA) is 83.7 Å². The molecule has 1 rings (SSSR count). The maximum Gasteiger partial charge on any atom is 0.294 e. The molecule has 1 unspecified atom stereocenters. The van der Waals surface area contributed by atoms with Gasteiger partial charge >= 0.3 is 0 Å². The van der Waals surface area contributed by atoms with Crippen LogP contribution in [-0.2, 0) is 11.3 Å². The lowest BCUT2D eigenvalue weighted by atomic mass is 10.3. The SMILES string of the molecule is CN(c1c(Br)cccc1[N+](=O)[O-])S(=O)O. The van der Waals surface area contributed by atoms with Gasteiger partial charge in [0.25, 0.3) is 17.0 Å². The van der Waals surface area contributed by atoms with Crippen molar-refractivity contribution in [1.82, 2.24) is 0 Å². The van der Waals surface area contributed by atoms with Gasteiger partial charge in [0, 0.05) is 17.6 Å². The average molecular weight is 295 g/mol. The van der Waals surface area contributed by atoms with Crippen molar-refractivity contribution in [3.63, 3.8) is 0 Å². The number of halogens is 1. The van der Waals surface area contributed by atoms with Crippen LogP contribution in [0.5, 0.6) is 0 Å². The first-order valence-electron chi connectivity index (χ1n) is 3.72. The molecule has 0 heterocycles. The number of nitrogens with zero attached hydrogens (tertiary/aromatic N) is 2. The van der Waals surface area contributed by atoms with E-state index in [0.717, 1.165) is 4.31 Å². The highest BCUT2D eigenvalue weighted by molar-refractivity contribution is 9.10. The number of hydrogen-bond acceptors (Lipinski definition) is 3. The molecule has 82 valence electrons. The van der Waals surface area contributed by atoms with E-state index in [0.29, 0.717) is 4.47 Å². The summed E-state index contributed by atoms with van der Waals surface area (Å²) in [6.45, 7) is 0. The number of para-hydroxylation sites is 1. The van der Waals surface area contributed by atoms with Crippen molar-refractivity contribution in [1.29, 1.82) is 0 Å². The summed E-state index contributed by atoms with van der Waals surface area (Å²) < 4.78 is 21.0. The van der Waals surface area contributed by atoms with Crippen LogP contribution in [0, 0.1) is 10.1 Å². The Balaban J connectivity index is 3.37. The van der Waals surface area contributed by atoms with Gasteiger partial charge in [0.1, 0.15) is 5.69 Å². The second-order valence-corrected chi connectivity index (χ2v) is 4.46. The third-order valence-electron chi connectivity index (χ3n) is 1.71. The van der Waals surface area contributed by atoms with E-state index in [1.807, 2.05) is 0 Å². The second-order valence-electron chi connectivity index (χ2n) is 2.59. The lowest BCUT2D eigenvalue weighted by molar-refractivity contribution is -0.384. The maximum atomic E-state index is 10.8. The monoisotopic (exact) mass is 294 g/mol. The molecular formula is C7H7BrN2O4S. The van der Waals surface area contributed by atoms with E-state index in [-0.39, 0.29) is 11.4 Å². The van der Waals surface area contributed by atoms with Gasteiger partial charge in [-0.3, -0.25) is 19.0 Å². The number of anilines is 1. The molecule has 8 heteroatoms. The minimum Gasteiger partial charge on any atom is -0.289 e. The summed E-state index contributed by atoms with van der Waals surface area (Å²) in [6.07, 6.45) is 0. The summed E-state index contributed by atoms with van der Waals surface area (Å²) in [7, 11) is 1.29. The molecule has 0 aromatic heterocycles. The molecule has 0 fully saturated rings. The molecule has 0 saturated carbocycles. The lowest BCUT2D eigenvalue weighted by Gasteiger charge is -2.15. The fraction of sp³-hybridized carbons (Fsp3) is 0.143. The van der Waals surface area contributed by atoms with Gasteiger partial charge in [0.2, 0.25) is 0 Å². The Labute approximate surface area is 96.6 Å². The number of nitro groups is 1. The van der Waals surface area contributed by atoms with E-state index in [1.165, 1.54) is 19.2 Å². The molecule has 1 aromatic rings. The lowest BCUT2D eigenvalue weighted by Crippen LogP contribution is -2.20. The van der Waals surface area contributed by atoms with E-state index >= 15 is 0 Å². The highest BCUT2D eigenvalue weighted by Gasteiger charge is 2.22. The molecule has 0 aliphatic carbocycles. The molecule has 15 heavy (non-hydrogen) atoms. The molecule has 0 radical (unpaired) electrons. The Morgan fingerprint density at radius 2 is 2.20 bits per heavy atom. The number of benzene rings is 1. The summed E-state index contributed by atoms with van der Waals surface area (Å²) in [5, 5.41) is 10.7. The van der Waals surface area contributed by atoms with Gasteiger partial charge in [-0.25, -0.2) is 4.21 Å². The summed E-state index contributed by atoms with van der Waals surface area (Å²) in [6, 6.07) is 4.31. The first kappa shape index (κ1) is 12.1. The zero-order valence-corrected chi connectivity index (χ0v) is 9.99. The van der Waals surface area contributed by atoms with Crippen molar-refractivity contribution in [3.8, 4) is 0 Å². The van der Waals surface area contributed by atoms with Crippen LogP contribution in [0.4, 0.5) is 11.4 Å². The first-order chi connectivity index (χ1) is 6.95. The molecular weight excluding hydrogens is 288 g/mol. The van der Waals surface area contributed by atoms with E-state index in [1.54, 1.807) is 6.07 Å². The highest BCUT2D eigenvalue weighted by atomic mass is 79.9. The Morgan fingerprint density at radius 3 is 2.67 bits per heavy atom. The summed E-state index contributed by atoms with van der Waals surface area (Å²) >= 11 is 0.793. The highest BCUT2D eigenvalue weighted by Crippen LogP contribution is 2.35. The van der Waals surface area contributed by atoms with E-state index in [2.05, 4.69) is 15.9 Å². The van der Waals surface area contributed by atoms with Gasteiger partial charge in [0.05, 0.1) is 4.92 Å². The quantitative estimate of drug-likeness (QED) is 0.524. The van der Waals surface area contributed by atoms with Crippen molar-refractivity contribution in [2.45, 2.75) is 0 Å². The predicted octanol–water partition coefficient (Wildman–Crippen LogP) is 1.93. The van der Waals surface area contributed by atoms with Crippen LogP contribution in [0.15, 0.2) is 22.7 Å². The fourth-order valence-electron chi connectivity index (χ4n) is 1.04. The van der Waals surface area contributed by atoms with Gasteiger partial charge in [-0.15, -0.1) is 0 Å². The van der Waals surface area contributed by atoms with Crippen molar-refractivity contribution < 1.29 is 13.7 Å². The van der Waals surface area contributed by atoms with Crippen molar-refractivity contribution in [3.05, 3.63) is 32.8 Å². The zero-order chi connectivity index (χ0) is 11.6. The zero-order valence-electron chi connectivity index (χ0n) is 7.58. The summed E-state index contributed by atoms with van der Waals surface area (Å²) in [5.74, 6) is 0. The van der Waals surface area contributed by atoms with Gasteiger partial charge in [0.15, 0.2) is 0 Å². The molecule has 0 amide bonds. The van der Waals surface area contributed by atoms with Gasteiger partial charge in [-0.05, 0) is 22.0 Å². The van der Waals surface area contributed by atoms with Crippen molar-refractivity contribution in [2.24, 2.45) is 0 Å². The van der Waals surface area contributed by atoms with Crippen LogP contribution in [0.3, 0.4) is 0 Å². The average Bonchev–Trinajstić information content (AvgIpc) is 2.16. The molecule has 0 spiro atoms. The number of rotatable bonds is 3. The van der Waals surface area contributed by atoms with Crippen molar-refractivity contribution in [2.75, 3.05) is 11.4 Å². The molecule has 1 N–H and O–H groups in total. The standard InChI is InChI=1S/C7H7BrN2O4S/c1-9(15(13)14)7-5(8)3-2-4-6(7)10(11)12/h2-4H,1H3,(H,13,14). The van der Waals surface area contributed by atoms with Crippen molar-refractivity contribution >= 4 is 38.6 Å². The first-order valence-corrected chi connectivity index (χ1v) is 5.58. The number of hydrogen-bond donors (Lipinski definition) is 1. The Bertz CT molecular complexity index is 425. The summed E-state index contributed by atoms with van der Waals surface area (Å²) in [5.41, 5.74) is -0.155. The molecule has 0 saturated heterocycles. The van der Waals surface area contributed by atoms with Crippen LogP contribution in [-0.4, -0.2) is 20.7 Å². The largest absolute Gasteiger partial charge is 0.294 e. The van der Waals surface area contributed by atoms with Gasteiger partial charge in [-0.2, -0.15) is 0 Å². The van der Waals surface area contributed by atoms with Crippen LogP contribution in [0.1, 0.15) is 0 Å². The minimum atomic E-state index is -2.30. The van der Waals surface area contributed by atoms with E-state index < -0.39 is 16.2 Å². The van der Waals surface area contributed by atoms with Crippen LogP contribution in [0.25, 0.3) is 0 Å². The Morgan fingerprint density at radius 1 is 1.60 bits per heavy atom. The number of nitro benzene ring substituents is 1.